The lowest BCUT2D eigenvalue weighted by Crippen LogP contribution is -2.46. The molecule has 0 spiro atoms. The zero-order valence-corrected chi connectivity index (χ0v) is 13.4. The Balaban J connectivity index is 2.50. The third-order valence-electron chi connectivity index (χ3n) is 4.68. The molecule has 114 valence electrons. The molecule has 3 atom stereocenters. The third-order valence-corrected chi connectivity index (χ3v) is 4.68. The fourth-order valence-corrected chi connectivity index (χ4v) is 3.20. The number of nitrogens with zero attached hydrogens (tertiary/aromatic N) is 2. The molecule has 1 fully saturated rings. The number of aliphatic hydroxyl groups is 1. The Morgan fingerprint density at radius 2 is 1.95 bits per heavy atom. The van der Waals surface area contributed by atoms with Crippen molar-refractivity contribution in [1.29, 1.82) is 0 Å². The summed E-state index contributed by atoms with van der Waals surface area (Å²) in [6.45, 7) is 7.77. The van der Waals surface area contributed by atoms with E-state index >= 15 is 0 Å². The number of rotatable bonds is 7. The molecule has 0 saturated carbocycles. The molecule has 0 aromatic carbocycles. The predicted octanol–water partition coefficient (Wildman–Crippen LogP) is 2.59. The Morgan fingerprint density at radius 1 is 1.21 bits per heavy atom. The van der Waals surface area contributed by atoms with Crippen LogP contribution in [0.15, 0.2) is 0 Å². The molecule has 3 unspecified atom stereocenters. The Labute approximate surface area is 120 Å². The second-order valence-electron chi connectivity index (χ2n) is 6.38. The number of hydrogen-bond donors (Lipinski definition) is 1. The zero-order chi connectivity index (χ0) is 14.3. The molecule has 0 bridgehead atoms. The predicted molar refractivity (Wildman–Crippen MR) is 82.5 cm³/mol. The highest BCUT2D eigenvalue weighted by Crippen LogP contribution is 2.22. The van der Waals surface area contributed by atoms with Crippen LogP contribution in [0.4, 0.5) is 0 Å². The molecule has 0 aromatic rings. The summed E-state index contributed by atoms with van der Waals surface area (Å²) in [7, 11) is 4.34. The van der Waals surface area contributed by atoms with E-state index in [0.29, 0.717) is 12.0 Å². The van der Waals surface area contributed by atoms with Crippen LogP contribution in [0.3, 0.4) is 0 Å². The lowest BCUT2D eigenvalue weighted by molar-refractivity contribution is 0.0386. The van der Waals surface area contributed by atoms with Crippen molar-refractivity contribution < 1.29 is 5.11 Å². The highest BCUT2D eigenvalue weighted by atomic mass is 16.3. The summed E-state index contributed by atoms with van der Waals surface area (Å²) in [6, 6.07) is 0.308. The lowest BCUT2D eigenvalue weighted by atomic mass is 9.90. The second kappa shape index (κ2) is 8.93. The normalized spacial score (nSPS) is 26.1. The van der Waals surface area contributed by atoms with E-state index in [1.807, 2.05) is 0 Å². The van der Waals surface area contributed by atoms with Gasteiger partial charge in [-0.2, -0.15) is 0 Å². The first-order valence-corrected chi connectivity index (χ1v) is 8.15. The van der Waals surface area contributed by atoms with Gasteiger partial charge in [0.2, 0.25) is 0 Å². The first kappa shape index (κ1) is 16.9. The average Bonchev–Trinajstić information content (AvgIpc) is 2.56. The van der Waals surface area contributed by atoms with Gasteiger partial charge in [0.25, 0.3) is 0 Å². The van der Waals surface area contributed by atoms with E-state index in [1.54, 1.807) is 0 Å². The molecule has 1 heterocycles. The molecule has 0 radical (unpaired) electrons. The molecule has 1 aliphatic rings. The van der Waals surface area contributed by atoms with Gasteiger partial charge in [-0.05, 0) is 45.9 Å². The molecule has 1 rings (SSSR count). The quantitative estimate of drug-likeness (QED) is 0.770. The van der Waals surface area contributed by atoms with E-state index in [-0.39, 0.29) is 6.10 Å². The molecular formula is C16H34N2O. The van der Waals surface area contributed by atoms with E-state index in [4.69, 9.17) is 0 Å². The average molecular weight is 270 g/mol. The molecule has 3 heteroatoms. The molecule has 19 heavy (non-hydrogen) atoms. The first-order chi connectivity index (χ1) is 9.08. The Bertz CT molecular complexity index is 235. The summed E-state index contributed by atoms with van der Waals surface area (Å²) < 4.78 is 0. The van der Waals surface area contributed by atoms with Crippen LogP contribution in [-0.2, 0) is 0 Å². The molecule has 0 aliphatic carbocycles. The van der Waals surface area contributed by atoms with Gasteiger partial charge >= 0.3 is 0 Å². The number of unbranched alkanes of at least 4 members (excludes halogenated alkanes) is 1. The van der Waals surface area contributed by atoms with Crippen LogP contribution >= 0.6 is 0 Å². The Hall–Kier alpha value is -0.120. The van der Waals surface area contributed by atoms with Gasteiger partial charge in [0.1, 0.15) is 0 Å². The van der Waals surface area contributed by atoms with Gasteiger partial charge in [-0.3, -0.25) is 4.90 Å². The van der Waals surface area contributed by atoms with Crippen molar-refractivity contribution in [3.05, 3.63) is 0 Å². The molecule has 3 nitrogen and oxygen atoms in total. The minimum atomic E-state index is -0.174. The van der Waals surface area contributed by atoms with Crippen molar-refractivity contribution >= 4 is 0 Å². The maximum Gasteiger partial charge on any atom is 0.0710 e. The number of aliphatic hydroxyl groups excluding tert-OH is 1. The minimum Gasteiger partial charge on any atom is -0.391 e. The SMILES string of the molecule is CCCCC(CC)CC(O)C1CN(C)CCCN1C. The van der Waals surface area contributed by atoms with Crippen LogP contribution in [0, 0.1) is 5.92 Å². The highest BCUT2D eigenvalue weighted by Gasteiger charge is 2.28. The van der Waals surface area contributed by atoms with Crippen LogP contribution < -0.4 is 0 Å². The van der Waals surface area contributed by atoms with Gasteiger partial charge in [-0.15, -0.1) is 0 Å². The Kier molecular flexibility index (Phi) is 7.96. The summed E-state index contributed by atoms with van der Waals surface area (Å²) >= 11 is 0. The molecule has 1 aliphatic heterocycles. The van der Waals surface area contributed by atoms with Crippen LogP contribution in [0.25, 0.3) is 0 Å². The summed E-state index contributed by atoms with van der Waals surface area (Å²) in [5, 5.41) is 10.6. The van der Waals surface area contributed by atoms with E-state index in [1.165, 1.54) is 32.1 Å². The van der Waals surface area contributed by atoms with E-state index < -0.39 is 0 Å². The van der Waals surface area contributed by atoms with Crippen LogP contribution in [0.5, 0.6) is 0 Å². The van der Waals surface area contributed by atoms with Crippen molar-refractivity contribution in [3.63, 3.8) is 0 Å². The lowest BCUT2D eigenvalue weighted by Gasteiger charge is -2.33. The summed E-state index contributed by atoms with van der Waals surface area (Å²) in [6.07, 6.45) is 7.04. The van der Waals surface area contributed by atoms with Gasteiger partial charge in [-0.25, -0.2) is 0 Å². The van der Waals surface area contributed by atoms with E-state index in [9.17, 15) is 5.11 Å². The Morgan fingerprint density at radius 3 is 2.58 bits per heavy atom. The monoisotopic (exact) mass is 270 g/mol. The van der Waals surface area contributed by atoms with Crippen LogP contribution in [0.2, 0.25) is 0 Å². The first-order valence-electron chi connectivity index (χ1n) is 8.15. The van der Waals surface area contributed by atoms with Gasteiger partial charge < -0.3 is 10.0 Å². The maximum absolute atomic E-state index is 10.6. The fraction of sp³-hybridized carbons (Fsp3) is 1.00. The third kappa shape index (κ3) is 5.80. The van der Waals surface area contributed by atoms with E-state index in [0.717, 1.165) is 26.1 Å². The van der Waals surface area contributed by atoms with Crippen molar-refractivity contribution in [3.8, 4) is 0 Å². The fourth-order valence-electron chi connectivity index (χ4n) is 3.20. The molecule has 1 N–H and O–H groups in total. The van der Waals surface area contributed by atoms with Crippen molar-refractivity contribution in [2.24, 2.45) is 5.92 Å². The zero-order valence-electron chi connectivity index (χ0n) is 13.4. The largest absolute Gasteiger partial charge is 0.391 e. The van der Waals surface area contributed by atoms with Crippen molar-refractivity contribution in [2.75, 3.05) is 33.7 Å². The molecule has 0 amide bonds. The second-order valence-corrected chi connectivity index (χ2v) is 6.38. The van der Waals surface area contributed by atoms with Gasteiger partial charge in [-0.1, -0.05) is 39.5 Å². The molecular weight excluding hydrogens is 236 g/mol. The van der Waals surface area contributed by atoms with Crippen LogP contribution in [0.1, 0.15) is 52.4 Å². The summed E-state index contributed by atoms with van der Waals surface area (Å²) in [4.78, 5) is 4.73. The number of likely N-dealkylation sites (N-methyl/N-ethyl adjacent to an activating group) is 2. The van der Waals surface area contributed by atoms with Gasteiger partial charge in [0, 0.05) is 12.6 Å². The van der Waals surface area contributed by atoms with E-state index in [2.05, 4.69) is 37.7 Å². The topological polar surface area (TPSA) is 26.7 Å². The van der Waals surface area contributed by atoms with Gasteiger partial charge in [0.05, 0.1) is 6.10 Å². The van der Waals surface area contributed by atoms with Crippen LogP contribution in [-0.4, -0.2) is 60.8 Å². The number of hydrogen-bond acceptors (Lipinski definition) is 3. The van der Waals surface area contributed by atoms with Crippen molar-refractivity contribution in [1.82, 2.24) is 9.80 Å². The smallest absolute Gasteiger partial charge is 0.0710 e. The molecule has 1 saturated heterocycles. The van der Waals surface area contributed by atoms with Gasteiger partial charge in [0.15, 0.2) is 0 Å². The standard InChI is InChI=1S/C16H34N2O/c1-5-7-9-14(6-2)12-16(19)15-13-17(3)10-8-11-18(15)4/h14-16,19H,5-13H2,1-4H3. The highest BCUT2D eigenvalue weighted by molar-refractivity contribution is 4.84. The molecule has 0 aromatic heterocycles. The van der Waals surface area contributed by atoms with Crippen molar-refractivity contribution in [2.45, 2.75) is 64.5 Å². The summed E-state index contributed by atoms with van der Waals surface area (Å²) in [5.74, 6) is 0.692. The minimum absolute atomic E-state index is 0.174. The maximum atomic E-state index is 10.6. The summed E-state index contributed by atoms with van der Waals surface area (Å²) in [5.41, 5.74) is 0.